The number of likely N-dealkylation sites (tertiary alicyclic amines) is 1. The zero-order valence-electron chi connectivity index (χ0n) is 12.6. The first-order valence-electron chi connectivity index (χ1n) is 6.99. The Bertz CT molecular complexity index is 578. The molecule has 114 valence electrons. The van der Waals surface area contributed by atoms with Gasteiger partial charge in [0.2, 0.25) is 5.91 Å². The number of carbonyl (C=O) groups excluding carboxylic acids is 1. The van der Waals surface area contributed by atoms with Crippen LogP contribution in [0.1, 0.15) is 32.8 Å². The highest BCUT2D eigenvalue weighted by Crippen LogP contribution is 2.35. The molecule has 1 unspecified atom stereocenters. The van der Waals surface area contributed by atoms with Gasteiger partial charge in [-0.3, -0.25) is 14.9 Å². The maximum Gasteiger partial charge on any atom is 0.269 e. The number of amides is 1. The van der Waals surface area contributed by atoms with E-state index >= 15 is 0 Å². The number of hydrogen-bond donors (Lipinski definition) is 1. The number of benzene rings is 1. The molecule has 1 aromatic carbocycles. The molecule has 0 radical (unpaired) electrons. The van der Waals surface area contributed by atoms with Crippen LogP contribution in [0.25, 0.3) is 0 Å². The first-order chi connectivity index (χ1) is 9.68. The number of nitrogens with two attached hydrogens (primary N) is 1. The van der Waals surface area contributed by atoms with Gasteiger partial charge in [-0.2, -0.15) is 0 Å². The largest absolute Gasteiger partial charge is 0.398 e. The standard InChI is InChI=1S/C15H21N3O3/c1-15(2,3)11-7-14(19)17(9-11)8-10-6-12(18(20)21)4-5-13(10)16/h4-6,11H,7-9,16H2,1-3H3. The fourth-order valence-electron chi connectivity index (χ4n) is 2.55. The minimum Gasteiger partial charge on any atom is -0.398 e. The monoisotopic (exact) mass is 291 g/mol. The van der Waals surface area contributed by atoms with Crippen LogP contribution in [-0.2, 0) is 11.3 Å². The molecule has 0 spiro atoms. The Hall–Kier alpha value is -2.11. The number of non-ortho nitro benzene ring substituents is 1. The third-order valence-corrected chi connectivity index (χ3v) is 4.14. The van der Waals surface area contributed by atoms with E-state index in [-0.39, 0.29) is 17.0 Å². The first kappa shape index (κ1) is 15.3. The predicted octanol–water partition coefficient (Wildman–Crippen LogP) is 2.57. The number of nitro groups is 1. The van der Waals surface area contributed by atoms with Crippen molar-refractivity contribution in [3.63, 3.8) is 0 Å². The maximum absolute atomic E-state index is 12.1. The fourth-order valence-corrected chi connectivity index (χ4v) is 2.55. The van der Waals surface area contributed by atoms with Gasteiger partial charge in [-0.05, 0) is 17.4 Å². The maximum atomic E-state index is 12.1. The molecule has 0 saturated carbocycles. The van der Waals surface area contributed by atoms with Gasteiger partial charge in [0.15, 0.2) is 0 Å². The summed E-state index contributed by atoms with van der Waals surface area (Å²) in [5, 5.41) is 10.8. The van der Waals surface area contributed by atoms with E-state index in [0.717, 1.165) is 0 Å². The number of nitro benzene ring substituents is 1. The second-order valence-electron chi connectivity index (χ2n) is 6.68. The Morgan fingerprint density at radius 2 is 2.10 bits per heavy atom. The topological polar surface area (TPSA) is 89.5 Å². The third kappa shape index (κ3) is 3.32. The molecule has 1 aliphatic rings. The average Bonchev–Trinajstić information content (AvgIpc) is 2.73. The van der Waals surface area contributed by atoms with Gasteiger partial charge in [0.25, 0.3) is 5.69 Å². The molecule has 1 heterocycles. The molecule has 0 aromatic heterocycles. The smallest absolute Gasteiger partial charge is 0.269 e. The van der Waals surface area contributed by atoms with Gasteiger partial charge in [-0.15, -0.1) is 0 Å². The quantitative estimate of drug-likeness (QED) is 0.526. The summed E-state index contributed by atoms with van der Waals surface area (Å²) < 4.78 is 0. The highest BCUT2D eigenvalue weighted by atomic mass is 16.6. The van der Waals surface area contributed by atoms with Gasteiger partial charge >= 0.3 is 0 Å². The Morgan fingerprint density at radius 3 is 2.62 bits per heavy atom. The Balaban J connectivity index is 2.17. The van der Waals surface area contributed by atoms with E-state index in [4.69, 9.17) is 5.73 Å². The molecule has 1 aliphatic heterocycles. The Kier molecular flexibility index (Phi) is 3.89. The first-order valence-corrected chi connectivity index (χ1v) is 6.99. The SMILES string of the molecule is CC(C)(C)C1CC(=O)N(Cc2cc([N+](=O)[O-])ccc2N)C1. The van der Waals surface area contributed by atoms with Crippen molar-refractivity contribution in [1.29, 1.82) is 0 Å². The van der Waals surface area contributed by atoms with E-state index in [9.17, 15) is 14.9 Å². The molecule has 0 bridgehead atoms. The van der Waals surface area contributed by atoms with Gasteiger partial charge in [0, 0.05) is 42.9 Å². The lowest BCUT2D eigenvalue weighted by molar-refractivity contribution is -0.384. The minimum atomic E-state index is -0.452. The number of carbonyl (C=O) groups is 1. The number of nitrogens with zero attached hydrogens (tertiary/aromatic N) is 2. The minimum absolute atomic E-state index is 0.00165. The van der Waals surface area contributed by atoms with Crippen LogP contribution in [0.2, 0.25) is 0 Å². The zero-order chi connectivity index (χ0) is 15.8. The zero-order valence-corrected chi connectivity index (χ0v) is 12.6. The molecule has 1 atom stereocenters. The molecule has 1 saturated heterocycles. The van der Waals surface area contributed by atoms with E-state index in [0.29, 0.717) is 36.7 Å². The van der Waals surface area contributed by atoms with Crippen LogP contribution < -0.4 is 5.73 Å². The number of hydrogen-bond acceptors (Lipinski definition) is 4. The van der Waals surface area contributed by atoms with Crippen LogP contribution in [0, 0.1) is 21.4 Å². The number of anilines is 1. The van der Waals surface area contributed by atoms with Crippen LogP contribution in [0.4, 0.5) is 11.4 Å². The van der Waals surface area contributed by atoms with Crippen molar-refractivity contribution in [1.82, 2.24) is 4.90 Å². The van der Waals surface area contributed by atoms with Crippen molar-refractivity contribution in [2.24, 2.45) is 11.3 Å². The lowest BCUT2D eigenvalue weighted by atomic mass is 9.80. The average molecular weight is 291 g/mol. The molecule has 1 fully saturated rings. The van der Waals surface area contributed by atoms with Crippen LogP contribution in [0.3, 0.4) is 0 Å². The van der Waals surface area contributed by atoms with Gasteiger partial charge in [0.1, 0.15) is 0 Å². The third-order valence-electron chi connectivity index (χ3n) is 4.14. The second kappa shape index (κ2) is 5.35. The summed E-state index contributed by atoms with van der Waals surface area (Å²) in [5.74, 6) is 0.380. The molecule has 0 aliphatic carbocycles. The van der Waals surface area contributed by atoms with E-state index in [1.807, 2.05) is 0 Å². The van der Waals surface area contributed by atoms with Gasteiger partial charge < -0.3 is 10.6 Å². The van der Waals surface area contributed by atoms with Crippen molar-refractivity contribution in [2.75, 3.05) is 12.3 Å². The van der Waals surface area contributed by atoms with Gasteiger partial charge in [0.05, 0.1) is 4.92 Å². The summed E-state index contributed by atoms with van der Waals surface area (Å²) >= 11 is 0. The summed E-state index contributed by atoms with van der Waals surface area (Å²) in [7, 11) is 0. The van der Waals surface area contributed by atoms with Crippen LogP contribution in [-0.4, -0.2) is 22.3 Å². The van der Waals surface area contributed by atoms with Crippen molar-refractivity contribution >= 4 is 17.3 Å². The van der Waals surface area contributed by atoms with E-state index in [1.165, 1.54) is 18.2 Å². The number of rotatable bonds is 3. The van der Waals surface area contributed by atoms with Gasteiger partial charge in [-0.1, -0.05) is 20.8 Å². The van der Waals surface area contributed by atoms with E-state index in [1.54, 1.807) is 4.90 Å². The second-order valence-corrected chi connectivity index (χ2v) is 6.68. The van der Waals surface area contributed by atoms with Crippen molar-refractivity contribution in [3.05, 3.63) is 33.9 Å². The molecule has 6 heteroatoms. The molecular formula is C15H21N3O3. The summed E-state index contributed by atoms with van der Waals surface area (Å²) in [6.45, 7) is 7.37. The number of nitrogen functional groups attached to an aromatic ring is 1. The van der Waals surface area contributed by atoms with Crippen molar-refractivity contribution in [2.45, 2.75) is 33.7 Å². The summed E-state index contributed by atoms with van der Waals surface area (Å²) in [4.78, 5) is 24.2. The summed E-state index contributed by atoms with van der Waals surface area (Å²) in [6, 6.07) is 4.35. The van der Waals surface area contributed by atoms with E-state index in [2.05, 4.69) is 20.8 Å². The summed E-state index contributed by atoms with van der Waals surface area (Å²) in [5.41, 5.74) is 7.05. The Labute approximate surface area is 124 Å². The van der Waals surface area contributed by atoms with Crippen molar-refractivity contribution in [3.8, 4) is 0 Å². The molecule has 21 heavy (non-hydrogen) atoms. The predicted molar refractivity (Wildman–Crippen MR) is 80.5 cm³/mol. The molecule has 1 amide bonds. The lowest BCUT2D eigenvalue weighted by Gasteiger charge is -2.26. The van der Waals surface area contributed by atoms with Gasteiger partial charge in [-0.25, -0.2) is 0 Å². The Morgan fingerprint density at radius 1 is 1.43 bits per heavy atom. The highest BCUT2D eigenvalue weighted by Gasteiger charge is 2.36. The lowest BCUT2D eigenvalue weighted by Crippen LogP contribution is -2.27. The molecule has 2 rings (SSSR count). The molecule has 6 nitrogen and oxygen atoms in total. The van der Waals surface area contributed by atoms with E-state index < -0.39 is 4.92 Å². The molecule has 1 aromatic rings. The molecule has 2 N–H and O–H groups in total. The normalized spacial score (nSPS) is 19.1. The van der Waals surface area contributed by atoms with Crippen LogP contribution in [0.15, 0.2) is 18.2 Å². The summed E-state index contributed by atoms with van der Waals surface area (Å²) in [6.07, 6.45) is 0.526. The van der Waals surface area contributed by atoms with Crippen molar-refractivity contribution < 1.29 is 9.72 Å². The van der Waals surface area contributed by atoms with Crippen LogP contribution >= 0.6 is 0 Å². The van der Waals surface area contributed by atoms with Crippen LogP contribution in [0.5, 0.6) is 0 Å². The highest BCUT2D eigenvalue weighted by molar-refractivity contribution is 5.79. The fraction of sp³-hybridized carbons (Fsp3) is 0.533. The molecular weight excluding hydrogens is 270 g/mol.